The number of rotatable bonds is 9. The molecule has 1 aromatic rings. The van der Waals surface area contributed by atoms with Crippen molar-refractivity contribution in [2.45, 2.75) is 52.6 Å². The van der Waals surface area contributed by atoms with Gasteiger partial charge in [-0.25, -0.2) is 0 Å². The van der Waals surface area contributed by atoms with Gasteiger partial charge in [0.15, 0.2) is 0 Å². The molecule has 199 valence electrons. The van der Waals surface area contributed by atoms with E-state index in [2.05, 4.69) is 25.6 Å². The van der Waals surface area contributed by atoms with Crippen LogP contribution in [0.3, 0.4) is 0 Å². The molecule has 1 rings (SSSR count). The summed E-state index contributed by atoms with van der Waals surface area (Å²) >= 11 is -6.98. The minimum Gasteiger partial charge on any atom is -0.265 e. The normalized spacial score (nSPS) is 16.0. The van der Waals surface area contributed by atoms with Gasteiger partial charge in [-0.2, -0.15) is 0 Å². The molecule has 0 fully saturated rings. The minimum atomic E-state index is -4.53. The average Bonchev–Trinajstić information content (AvgIpc) is 2.62. The summed E-state index contributed by atoms with van der Waals surface area (Å²) < 4.78 is 50.0. The molecule has 0 saturated carbocycles. The molecule has 4 unspecified atom stereocenters. The van der Waals surface area contributed by atoms with Gasteiger partial charge in [-0.05, 0) is 12.1 Å². The molecule has 0 aromatic carbocycles. The maximum absolute atomic E-state index is 9.43. The molecule has 0 saturated heterocycles. The molecule has 4 atom stereocenters. The SMILES string of the molecule is CC([NH-])O[As](O)(O)OC(C)[NH-].CO[As](O)(OC(C)[NH-])OC(C)[NH-].[Cl][Pt].[Pt+2].c1ccncc1. The first-order valence-electron chi connectivity index (χ1n) is 8.30. The Balaban J connectivity index is -0.000000181. The molecule has 0 amide bonds. The molecule has 18 heteroatoms. The molecule has 13 nitrogen and oxygen atoms in total. The van der Waals surface area contributed by atoms with Crippen LogP contribution in [-0.4, -0.2) is 79.1 Å². The summed E-state index contributed by atoms with van der Waals surface area (Å²) in [5.41, 5.74) is 27.7. The topological polar surface area (TPSA) is 215 Å². The molecule has 32 heavy (non-hydrogen) atoms. The van der Waals surface area contributed by atoms with Gasteiger partial charge in [0.2, 0.25) is 0 Å². The summed E-state index contributed by atoms with van der Waals surface area (Å²) in [7, 11) is 5.84. The fourth-order valence-electron chi connectivity index (χ4n) is 1.26. The van der Waals surface area contributed by atoms with E-state index in [-0.39, 0.29) is 21.1 Å². The van der Waals surface area contributed by atoms with Crippen molar-refractivity contribution in [3.63, 3.8) is 0 Å². The zero-order valence-electron chi connectivity index (χ0n) is 17.9. The molecule has 0 bridgehead atoms. The summed E-state index contributed by atoms with van der Waals surface area (Å²) in [4.78, 5) is 3.78. The minimum absolute atomic E-state index is 0. The summed E-state index contributed by atoms with van der Waals surface area (Å²) in [6.45, 7) is 5.54. The van der Waals surface area contributed by atoms with Crippen molar-refractivity contribution in [1.82, 2.24) is 4.98 Å². The fraction of sp³-hybridized carbons (Fsp3) is 0.643. The van der Waals surface area contributed by atoms with Gasteiger partial charge in [0, 0.05) is 12.4 Å². The first-order valence-corrected chi connectivity index (χ1v) is 17.5. The van der Waals surface area contributed by atoms with Crippen LogP contribution >= 0.6 is 9.42 Å². The smallest absolute Gasteiger partial charge is 0.265 e. The maximum Gasteiger partial charge on any atom is 2.00 e. The number of halogens is 1. The van der Waals surface area contributed by atoms with E-state index in [1.807, 2.05) is 18.2 Å². The predicted molar refractivity (Wildman–Crippen MR) is 115 cm³/mol. The number of nitrogens with zero attached hydrogens (tertiary/aromatic N) is 1. The van der Waals surface area contributed by atoms with Crippen LogP contribution in [0.5, 0.6) is 0 Å². The summed E-state index contributed by atoms with van der Waals surface area (Å²) in [5, 5.41) is 0. The Morgan fingerprint density at radius 3 is 1.22 bits per heavy atom. The Hall–Kier alpha value is 1.45. The molecule has 0 aliphatic heterocycles. The van der Waals surface area contributed by atoms with Crippen LogP contribution in [0.4, 0.5) is 0 Å². The molecule has 0 aliphatic carbocycles. The van der Waals surface area contributed by atoms with E-state index in [0.29, 0.717) is 0 Å². The number of hydrogen-bond acceptors (Lipinski definition) is 9. The Labute approximate surface area is 226 Å². The third-order valence-corrected chi connectivity index (χ3v) is 7.86. The van der Waals surface area contributed by atoms with Crippen LogP contribution in [0.25, 0.3) is 22.9 Å². The predicted octanol–water partition coefficient (Wildman–Crippen LogP) is 2.89. The molecule has 1 aromatic heterocycles. The van der Waals surface area contributed by atoms with Gasteiger partial charge in [0.1, 0.15) is 0 Å². The monoisotopic (exact) mass is 972 g/mol. The van der Waals surface area contributed by atoms with Crippen LogP contribution in [0.15, 0.2) is 30.6 Å². The Bertz CT molecular complexity index is 469. The van der Waals surface area contributed by atoms with Crippen LogP contribution in [0.1, 0.15) is 27.7 Å². The Morgan fingerprint density at radius 1 is 0.750 bits per heavy atom. The van der Waals surface area contributed by atoms with Gasteiger partial charge in [-0.3, -0.25) is 4.98 Å². The first-order chi connectivity index (χ1) is 14.2. The van der Waals surface area contributed by atoms with E-state index in [0.717, 1.165) is 0 Å². The van der Waals surface area contributed by atoms with Crippen molar-refractivity contribution < 1.29 is 70.8 Å². The third-order valence-electron chi connectivity index (χ3n) is 1.97. The van der Waals surface area contributed by atoms with Gasteiger partial charge in [0.05, 0.1) is 0 Å². The van der Waals surface area contributed by atoms with Crippen LogP contribution in [0, 0.1) is 0 Å². The fourth-order valence-corrected chi connectivity index (χ4v) is 5.24. The van der Waals surface area contributed by atoms with E-state index >= 15 is 0 Å². The van der Waals surface area contributed by atoms with Crippen molar-refractivity contribution in [3.05, 3.63) is 53.5 Å². The van der Waals surface area contributed by atoms with Gasteiger partial charge in [-0.1, -0.05) is 6.07 Å². The average molecular weight is 973 g/mol. The zero-order valence-corrected chi connectivity index (χ0v) is 27.0. The van der Waals surface area contributed by atoms with E-state index in [1.165, 1.54) is 34.8 Å². The van der Waals surface area contributed by atoms with Gasteiger partial charge < -0.3 is 0 Å². The van der Waals surface area contributed by atoms with E-state index in [1.54, 1.807) is 31.2 Å². The largest absolute Gasteiger partial charge is 2.00 e. The molecule has 7 N–H and O–H groups in total. The Kier molecular flexibility index (Phi) is 30.7. The third kappa shape index (κ3) is 31.5. The molecule has 1 heterocycles. The van der Waals surface area contributed by atoms with Crippen LogP contribution < -0.4 is 0 Å². The van der Waals surface area contributed by atoms with Crippen molar-refractivity contribution in [1.29, 1.82) is 0 Å². The second kappa shape index (κ2) is 24.2. The second-order valence-electron chi connectivity index (χ2n) is 5.16. The van der Waals surface area contributed by atoms with Crippen LogP contribution in [-0.2, 0) is 58.5 Å². The van der Waals surface area contributed by atoms with Crippen LogP contribution in [0.2, 0.25) is 0 Å². The number of aromatic nitrogens is 1. The van der Waals surface area contributed by atoms with E-state index in [9.17, 15) is 4.10 Å². The summed E-state index contributed by atoms with van der Waals surface area (Å²) in [6, 6.07) is 5.72. The summed E-state index contributed by atoms with van der Waals surface area (Å²) in [5.74, 6) is 0. The summed E-state index contributed by atoms with van der Waals surface area (Å²) in [6.07, 6.45) is -0.421. The van der Waals surface area contributed by atoms with Gasteiger partial charge in [0.25, 0.3) is 0 Å². The van der Waals surface area contributed by atoms with Crippen molar-refractivity contribution in [2.75, 3.05) is 7.11 Å². The van der Waals surface area contributed by atoms with Crippen molar-refractivity contribution >= 4 is 39.3 Å². The van der Waals surface area contributed by atoms with E-state index in [4.69, 9.17) is 38.6 Å². The molecule has 0 spiro atoms. The standard InChI is InChI=1S/C5H14AsN2O4.C5H5N.C4H12AsN2O4.ClH.2Pt/c1-4(7)11-6(9,10-3)12-5(2)8;1-2-4-6-5-3-1;1-3(6)10-5(8,9)11-4(2)7;;;/h4-5,7-9H,1-3H3;1-5H;3-4,6-9H,1-2H3;1H;;/q-2;;-2;;+1;+2/p-1. The first kappa shape index (κ1) is 40.6. The van der Waals surface area contributed by atoms with Crippen molar-refractivity contribution in [3.8, 4) is 0 Å². The quantitative estimate of drug-likeness (QED) is 0.310. The number of nitrogens with one attached hydrogen (secondary N) is 4. The van der Waals surface area contributed by atoms with Crippen molar-refractivity contribution in [2.24, 2.45) is 0 Å². The number of pyridine rings is 1. The Morgan fingerprint density at radius 2 is 1.06 bits per heavy atom. The molecule has 2 radical (unpaired) electrons. The molecular formula is C14H31As2ClN5O8Pt2-2. The number of hydrogen-bond donors (Lipinski definition) is 3. The zero-order chi connectivity index (χ0) is 25.1. The molecular weight excluding hydrogens is 942 g/mol. The maximum atomic E-state index is 9.43. The molecule has 0 aliphatic rings. The van der Waals surface area contributed by atoms with Gasteiger partial charge >= 0.3 is 193 Å². The van der Waals surface area contributed by atoms with E-state index < -0.39 is 54.7 Å². The second-order valence-corrected chi connectivity index (χ2v) is 11.7. The van der Waals surface area contributed by atoms with Gasteiger partial charge in [-0.15, -0.1) is 0 Å².